The summed E-state index contributed by atoms with van der Waals surface area (Å²) in [6.45, 7) is 0. The zero-order valence-corrected chi connectivity index (χ0v) is 12.6. The van der Waals surface area contributed by atoms with E-state index in [0.717, 1.165) is 14.6 Å². The molecule has 0 amide bonds. The molecule has 0 saturated carbocycles. The van der Waals surface area contributed by atoms with Gasteiger partial charge in [0.05, 0.1) is 16.0 Å². The lowest BCUT2D eigenvalue weighted by Crippen LogP contribution is -1.83. The molecule has 10 heteroatoms. The van der Waals surface area contributed by atoms with E-state index in [4.69, 9.17) is 14.7 Å². The van der Waals surface area contributed by atoms with E-state index in [-0.39, 0.29) is 17.7 Å². The van der Waals surface area contributed by atoms with Crippen molar-refractivity contribution < 1.29 is 8.94 Å². The molecule has 0 atom stereocenters. The molecule has 0 aliphatic carbocycles. The van der Waals surface area contributed by atoms with Gasteiger partial charge in [-0.15, -0.1) is 16.4 Å². The number of rotatable bonds is 4. The minimum Gasteiger partial charge on any atom is -0.400 e. The summed E-state index contributed by atoms with van der Waals surface area (Å²) in [5.41, 5.74) is 6.35. The second kappa shape index (κ2) is 5.39. The lowest BCUT2D eigenvalue weighted by molar-refractivity contribution is 0.390. The van der Waals surface area contributed by atoms with Crippen molar-refractivity contribution in [2.45, 2.75) is 10.1 Å². The molecule has 8 nitrogen and oxygen atoms in total. The maximum atomic E-state index is 5.36. The minimum absolute atomic E-state index is 0.0369. The quantitative estimate of drug-likeness (QED) is 0.562. The lowest BCUT2D eigenvalue weighted by Gasteiger charge is -1.89. The lowest BCUT2D eigenvalue weighted by atomic mass is 10.3. The highest BCUT2D eigenvalue weighted by Gasteiger charge is 2.15. The van der Waals surface area contributed by atoms with E-state index in [2.05, 4.69) is 25.3 Å². The number of nitrogen functional groups attached to an aromatic ring is 1. The molecule has 0 saturated heterocycles. The molecule has 0 spiro atoms. The van der Waals surface area contributed by atoms with Crippen LogP contribution in [0.25, 0.3) is 21.9 Å². The van der Waals surface area contributed by atoms with Crippen molar-refractivity contribution >= 4 is 39.3 Å². The van der Waals surface area contributed by atoms with Gasteiger partial charge >= 0.3 is 6.01 Å². The second-order valence-corrected chi connectivity index (χ2v) is 6.45. The minimum atomic E-state index is -0.0369. The third-order valence-corrected chi connectivity index (χ3v) is 4.86. The van der Waals surface area contributed by atoms with Gasteiger partial charge in [0.1, 0.15) is 0 Å². The van der Waals surface area contributed by atoms with Gasteiger partial charge in [0, 0.05) is 0 Å². The zero-order chi connectivity index (χ0) is 14.9. The Morgan fingerprint density at radius 3 is 2.91 bits per heavy atom. The Labute approximate surface area is 131 Å². The molecule has 110 valence electrons. The normalized spacial score (nSPS) is 11.3. The summed E-state index contributed by atoms with van der Waals surface area (Å²) in [7, 11) is 0. The van der Waals surface area contributed by atoms with Crippen LogP contribution in [0.5, 0.6) is 0 Å². The Bertz CT molecular complexity index is 897. The number of benzene rings is 1. The van der Waals surface area contributed by atoms with E-state index in [9.17, 15) is 0 Å². The van der Waals surface area contributed by atoms with Crippen LogP contribution in [0.2, 0.25) is 0 Å². The summed E-state index contributed by atoms with van der Waals surface area (Å²) < 4.78 is 12.3. The van der Waals surface area contributed by atoms with Gasteiger partial charge in [0.25, 0.3) is 11.7 Å². The highest BCUT2D eigenvalue weighted by atomic mass is 32.2. The van der Waals surface area contributed by atoms with Crippen molar-refractivity contribution in [1.82, 2.24) is 25.3 Å². The first kappa shape index (κ1) is 13.2. The van der Waals surface area contributed by atoms with Crippen LogP contribution in [-0.2, 0) is 5.75 Å². The van der Waals surface area contributed by atoms with E-state index >= 15 is 0 Å². The maximum Gasteiger partial charge on any atom is 0.313 e. The highest BCUT2D eigenvalue weighted by Crippen LogP contribution is 2.31. The van der Waals surface area contributed by atoms with Gasteiger partial charge in [0.2, 0.25) is 5.89 Å². The average molecular weight is 332 g/mol. The molecular formula is C12H8N6O2S2. The number of nitrogens with zero attached hydrogens (tertiary/aromatic N) is 5. The topological polar surface area (TPSA) is 117 Å². The monoisotopic (exact) mass is 332 g/mol. The third kappa shape index (κ3) is 2.53. The summed E-state index contributed by atoms with van der Waals surface area (Å²) in [4.78, 5) is 8.72. The number of hydrogen-bond donors (Lipinski definition) is 1. The predicted octanol–water partition coefficient (Wildman–Crippen LogP) is 2.60. The van der Waals surface area contributed by atoms with Crippen molar-refractivity contribution in [3.05, 3.63) is 30.2 Å². The van der Waals surface area contributed by atoms with Crippen LogP contribution in [0.15, 0.2) is 37.5 Å². The molecular weight excluding hydrogens is 324 g/mol. The Hall–Kier alpha value is -2.46. The molecule has 0 aliphatic heterocycles. The average Bonchev–Trinajstić information content (AvgIpc) is 3.23. The Morgan fingerprint density at radius 2 is 2.09 bits per heavy atom. The molecule has 1 aromatic carbocycles. The fraction of sp³-hybridized carbons (Fsp3) is 0.0833. The molecule has 4 aromatic rings. The summed E-state index contributed by atoms with van der Waals surface area (Å²) in [5, 5.41) is 11.0. The van der Waals surface area contributed by atoms with Crippen molar-refractivity contribution in [1.29, 1.82) is 0 Å². The van der Waals surface area contributed by atoms with Crippen molar-refractivity contribution in [2.75, 3.05) is 5.73 Å². The van der Waals surface area contributed by atoms with Gasteiger partial charge in [0.15, 0.2) is 4.34 Å². The first-order valence-corrected chi connectivity index (χ1v) is 7.98. The Morgan fingerprint density at radius 1 is 1.18 bits per heavy atom. The largest absolute Gasteiger partial charge is 0.400 e. The fourth-order valence-corrected chi connectivity index (χ4v) is 3.67. The van der Waals surface area contributed by atoms with Crippen LogP contribution in [0.1, 0.15) is 5.89 Å². The number of aromatic nitrogens is 5. The third-order valence-electron chi connectivity index (χ3n) is 2.69. The summed E-state index contributed by atoms with van der Waals surface area (Å²) >= 11 is 3.16. The van der Waals surface area contributed by atoms with Crippen LogP contribution in [-0.4, -0.2) is 25.3 Å². The SMILES string of the molecule is Nc1nnc(-c2noc(CSc3nc4ccccc4s3)n2)o1. The number of hydrogen-bond acceptors (Lipinski definition) is 10. The van der Waals surface area contributed by atoms with Crippen LogP contribution in [0.3, 0.4) is 0 Å². The zero-order valence-electron chi connectivity index (χ0n) is 11.0. The van der Waals surface area contributed by atoms with E-state index in [1.807, 2.05) is 24.3 Å². The maximum absolute atomic E-state index is 5.36. The van der Waals surface area contributed by atoms with Crippen LogP contribution in [0.4, 0.5) is 6.01 Å². The summed E-state index contributed by atoms with van der Waals surface area (Å²) in [6.07, 6.45) is 0. The molecule has 0 unspecified atom stereocenters. The van der Waals surface area contributed by atoms with Gasteiger partial charge < -0.3 is 14.7 Å². The predicted molar refractivity (Wildman–Crippen MR) is 81.2 cm³/mol. The first-order chi connectivity index (χ1) is 10.8. The molecule has 3 aromatic heterocycles. The Balaban J connectivity index is 1.48. The molecule has 0 bridgehead atoms. The van der Waals surface area contributed by atoms with Crippen LogP contribution >= 0.6 is 23.1 Å². The smallest absolute Gasteiger partial charge is 0.313 e. The molecule has 0 aliphatic rings. The van der Waals surface area contributed by atoms with E-state index in [1.165, 1.54) is 11.8 Å². The van der Waals surface area contributed by atoms with Crippen LogP contribution < -0.4 is 5.73 Å². The van der Waals surface area contributed by atoms with E-state index < -0.39 is 0 Å². The van der Waals surface area contributed by atoms with Crippen LogP contribution in [0, 0.1) is 0 Å². The van der Waals surface area contributed by atoms with Crippen molar-refractivity contribution in [3.63, 3.8) is 0 Å². The number of nitrogens with two attached hydrogens (primary N) is 1. The summed E-state index contributed by atoms with van der Waals surface area (Å²) in [5.74, 6) is 1.33. The molecule has 22 heavy (non-hydrogen) atoms. The Kier molecular flexibility index (Phi) is 3.24. The van der Waals surface area contributed by atoms with Gasteiger partial charge in [-0.1, -0.05) is 34.1 Å². The highest BCUT2D eigenvalue weighted by molar-refractivity contribution is 8.00. The van der Waals surface area contributed by atoms with Crippen molar-refractivity contribution in [3.8, 4) is 11.7 Å². The molecule has 2 N–H and O–H groups in total. The molecule has 4 rings (SSSR count). The number of thiazole rings is 1. The summed E-state index contributed by atoms with van der Waals surface area (Å²) in [6, 6.07) is 7.96. The molecule has 0 fully saturated rings. The number of thioether (sulfide) groups is 1. The van der Waals surface area contributed by atoms with Gasteiger partial charge in [-0.2, -0.15) is 4.98 Å². The first-order valence-electron chi connectivity index (χ1n) is 6.18. The molecule has 0 radical (unpaired) electrons. The number of fused-ring (bicyclic) bond motifs is 1. The standard InChI is InChI=1S/C12H8N6O2S2/c13-11-17-16-10(19-11)9-15-8(20-18-9)5-21-12-14-6-3-1-2-4-7(6)22-12/h1-4H,5H2,(H2,13,17). The number of anilines is 1. The van der Waals surface area contributed by atoms with Crippen molar-refractivity contribution in [2.24, 2.45) is 0 Å². The van der Waals surface area contributed by atoms with Gasteiger partial charge in [-0.3, -0.25) is 0 Å². The van der Waals surface area contributed by atoms with Gasteiger partial charge in [-0.25, -0.2) is 4.98 Å². The van der Waals surface area contributed by atoms with E-state index in [1.54, 1.807) is 11.3 Å². The van der Waals surface area contributed by atoms with E-state index in [0.29, 0.717) is 11.6 Å². The fourth-order valence-electron chi connectivity index (χ4n) is 1.76. The molecule has 3 heterocycles. The number of para-hydroxylation sites is 1. The second-order valence-electron chi connectivity index (χ2n) is 4.19. The van der Waals surface area contributed by atoms with Gasteiger partial charge in [-0.05, 0) is 12.1 Å².